The predicted octanol–water partition coefficient (Wildman–Crippen LogP) is 5.14. The fourth-order valence-corrected chi connectivity index (χ4v) is 4.10. The second kappa shape index (κ2) is 7.18. The SMILES string of the molecule is CCc1cccc2c1N=C/C2=C\c1sc(=O)n(Cc2ccc(Cl)cc2)c1O. The summed E-state index contributed by atoms with van der Waals surface area (Å²) < 4.78 is 1.37. The summed E-state index contributed by atoms with van der Waals surface area (Å²) in [6, 6.07) is 13.3. The number of aliphatic imine (C=N–C) groups is 1. The van der Waals surface area contributed by atoms with E-state index in [2.05, 4.69) is 18.0 Å². The van der Waals surface area contributed by atoms with E-state index in [1.54, 1.807) is 18.3 Å². The summed E-state index contributed by atoms with van der Waals surface area (Å²) in [6.45, 7) is 2.40. The molecule has 4 rings (SSSR count). The number of thiazole rings is 1. The van der Waals surface area contributed by atoms with Gasteiger partial charge >= 0.3 is 4.87 Å². The summed E-state index contributed by atoms with van der Waals surface area (Å²) in [7, 11) is 0. The Morgan fingerprint density at radius 3 is 2.74 bits per heavy atom. The van der Waals surface area contributed by atoms with E-state index in [0.29, 0.717) is 16.4 Å². The molecule has 1 aliphatic heterocycles. The summed E-state index contributed by atoms with van der Waals surface area (Å²) >= 11 is 6.93. The first-order valence-corrected chi connectivity index (χ1v) is 9.81. The molecule has 2 aromatic carbocycles. The molecule has 0 radical (unpaired) electrons. The van der Waals surface area contributed by atoms with Crippen molar-refractivity contribution in [2.75, 3.05) is 0 Å². The molecule has 6 heteroatoms. The van der Waals surface area contributed by atoms with Crippen LogP contribution < -0.4 is 4.87 Å². The maximum absolute atomic E-state index is 12.4. The highest BCUT2D eigenvalue weighted by Gasteiger charge is 2.18. The van der Waals surface area contributed by atoms with Crippen molar-refractivity contribution in [1.29, 1.82) is 0 Å². The first-order valence-electron chi connectivity index (χ1n) is 8.62. The smallest absolute Gasteiger partial charge is 0.310 e. The summed E-state index contributed by atoms with van der Waals surface area (Å²) in [4.78, 5) is 17.2. The molecule has 4 nitrogen and oxygen atoms in total. The van der Waals surface area contributed by atoms with E-state index in [0.717, 1.165) is 40.1 Å². The highest BCUT2D eigenvalue weighted by Crippen LogP contribution is 2.37. The molecule has 1 aliphatic rings. The predicted molar refractivity (Wildman–Crippen MR) is 113 cm³/mol. The molecule has 1 N–H and O–H groups in total. The van der Waals surface area contributed by atoms with Crippen LogP contribution in [0.4, 0.5) is 5.69 Å². The molecule has 0 atom stereocenters. The lowest BCUT2D eigenvalue weighted by atomic mass is 10.0. The minimum absolute atomic E-state index is 0.0269. The lowest BCUT2D eigenvalue weighted by Crippen LogP contribution is -2.13. The fourth-order valence-electron chi connectivity index (χ4n) is 3.14. The molecule has 0 unspecified atom stereocenters. The van der Waals surface area contributed by atoms with E-state index in [-0.39, 0.29) is 10.8 Å². The lowest BCUT2D eigenvalue weighted by Gasteiger charge is -2.05. The summed E-state index contributed by atoms with van der Waals surface area (Å²) in [6.07, 6.45) is 4.52. The van der Waals surface area contributed by atoms with Gasteiger partial charge in [0.15, 0.2) is 0 Å². The van der Waals surface area contributed by atoms with Gasteiger partial charge in [0.2, 0.25) is 5.88 Å². The molecule has 27 heavy (non-hydrogen) atoms. The summed E-state index contributed by atoms with van der Waals surface area (Å²) in [5.41, 5.74) is 4.98. The van der Waals surface area contributed by atoms with E-state index >= 15 is 0 Å². The van der Waals surface area contributed by atoms with E-state index in [1.165, 1.54) is 10.1 Å². The molecule has 0 fully saturated rings. The Labute approximate surface area is 165 Å². The Kier molecular flexibility index (Phi) is 4.72. The Hall–Kier alpha value is -2.63. The quantitative estimate of drug-likeness (QED) is 0.664. The van der Waals surface area contributed by atoms with Gasteiger partial charge < -0.3 is 5.11 Å². The summed E-state index contributed by atoms with van der Waals surface area (Å²) in [5.74, 6) is -0.0269. The van der Waals surface area contributed by atoms with Crippen LogP contribution in [0.5, 0.6) is 5.88 Å². The topological polar surface area (TPSA) is 54.6 Å². The second-order valence-electron chi connectivity index (χ2n) is 6.29. The number of aromatic nitrogens is 1. The molecule has 1 aromatic heterocycles. The number of fused-ring (bicyclic) bond motifs is 1. The number of nitrogens with zero attached hydrogens (tertiary/aromatic N) is 2. The van der Waals surface area contributed by atoms with E-state index < -0.39 is 0 Å². The highest BCUT2D eigenvalue weighted by atomic mass is 35.5. The number of aromatic hydroxyl groups is 1. The van der Waals surface area contributed by atoms with Crippen molar-refractivity contribution >= 4 is 46.5 Å². The number of aryl methyl sites for hydroxylation is 1. The first kappa shape index (κ1) is 17.8. The third kappa shape index (κ3) is 3.36. The van der Waals surface area contributed by atoms with E-state index in [9.17, 15) is 9.90 Å². The van der Waals surface area contributed by atoms with Crippen LogP contribution in [-0.2, 0) is 13.0 Å². The van der Waals surface area contributed by atoms with Gasteiger partial charge in [0.25, 0.3) is 0 Å². The third-order valence-corrected chi connectivity index (χ3v) is 5.75. The Morgan fingerprint density at radius 2 is 2.00 bits per heavy atom. The van der Waals surface area contributed by atoms with E-state index in [4.69, 9.17) is 11.6 Å². The van der Waals surface area contributed by atoms with Crippen LogP contribution in [-0.4, -0.2) is 15.9 Å². The largest absolute Gasteiger partial charge is 0.493 e. The van der Waals surface area contributed by atoms with Gasteiger partial charge in [-0.2, -0.15) is 0 Å². The van der Waals surface area contributed by atoms with Crippen molar-refractivity contribution in [2.24, 2.45) is 4.99 Å². The van der Waals surface area contributed by atoms with Crippen LogP contribution in [0, 0.1) is 0 Å². The van der Waals surface area contributed by atoms with Gasteiger partial charge in [0, 0.05) is 22.4 Å². The number of para-hydroxylation sites is 1. The molecule has 136 valence electrons. The van der Waals surface area contributed by atoms with Gasteiger partial charge in [0.05, 0.1) is 17.1 Å². The zero-order valence-corrected chi connectivity index (χ0v) is 16.2. The van der Waals surface area contributed by atoms with Gasteiger partial charge in [0.1, 0.15) is 0 Å². The van der Waals surface area contributed by atoms with Crippen LogP contribution >= 0.6 is 22.9 Å². The number of hydrogen-bond acceptors (Lipinski definition) is 4. The highest BCUT2D eigenvalue weighted by molar-refractivity contribution is 7.10. The van der Waals surface area contributed by atoms with Gasteiger partial charge in [-0.05, 0) is 35.8 Å². The Balaban J connectivity index is 1.69. The van der Waals surface area contributed by atoms with E-state index in [1.807, 2.05) is 30.3 Å². The molecule has 2 heterocycles. The van der Waals surface area contributed by atoms with Gasteiger partial charge in [-0.3, -0.25) is 14.4 Å². The van der Waals surface area contributed by atoms with Crippen molar-refractivity contribution in [3.8, 4) is 5.88 Å². The van der Waals surface area contributed by atoms with Crippen molar-refractivity contribution in [3.63, 3.8) is 0 Å². The molecule has 0 saturated carbocycles. The van der Waals surface area contributed by atoms with Crippen LogP contribution in [0.25, 0.3) is 11.6 Å². The standard InChI is InChI=1S/C21H17ClN2O2S/c1-2-14-4-3-5-17-15(11-23-19(14)17)10-18-20(25)24(21(26)27-18)12-13-6-8-16(22)9-7-13/h3-11,25H,2,12H2,1H3/b15-10+. The summed E-state index contributed by atoms with van der Waals surface area (Å²) in [5, 5.41) is 11.2. The van der Waals surface area contributed by atoms with Crippen LogP contribution in [0.2, 0.25) is 5.02 Å². The third-order valence-electron chi connectivity index (χ3n) is 4.58. The number of benzene rings is 2. The number of rotatable bonds is 4. The minimum Gasteiger partial charge on any atom is -0.493 e. The minimum atomic E-state index is -0.202. The fraction of sp³-hybridized carbons (Fsp3) is 0.143. The Bertz CT molecular complexity index is 1120. The second-order valence-corrected chi connectivity index (χ2v) is 7.72. The lowest BCUT2D eigenvalue weighted by molar-refractivity contribution is 0.420. The molecule has 0 saturated heterocycles. The number of hydrogen-bond donors (Lipinski definition) is 1. The number of halogens is 1. The van der Waals surface area contributed by atoms with Crippen LogP contribution in [0.15, 0.2) is 52.3 Å². The normalized spacial score (nSPS) is 14.1. The molecule has 0 bridgehead atoms. The molecule has 0 amide bonds. The van der Waals surface area contributed by atoms with Crippen LogP contribution in [0.3, 0.4) is 0 Å². The number of allylic oxidation sites excluding steroid dienone is 1. The molecule has 0 spiro atoms. The van der Waals surface area contributed by atoms with Gasteiger partial charge in [-0.15, -0.1) is 0 Å². The molecule has 3 aromatic rings. The molecular formula is C21H17ClN2O2S. The first-order chi connectivity index (χ1) is 13.1. The average molecular weight is 397 g/mol. The zero-order chi connectivity index (χ0) is 19.0. The van der Waals surface area contributed by atoms with Crippen LogP contribution in [0.1, 0.15) is 28.5 Å². The van der Waals surface area contributed by atoms with Crippen molar-refractivity contribution in [3.05, 3.63) is 78.7 Å². The monoisotopic (exact) mass is 396 g/mol. The molecule has 0 aliphatic carbocycles. The van der Waals surface area contributed by atoms with Crippen molar-refractivity contribution in [1.82, 2.24) is 4.57 Å². The maximum atomic E-state index is 12.4. The Morgan fingerprint density at radius 1 is 1.22 bits per heavy atom. The maximum Gasteiger partial charge on any atom is 0.310 e. The zero-order valence-electron chi connectivity index (χ0n) is 14.6. The van der Waals surface area contributed by atoms with Crippen molar-refractivity contribution < 1.29 is 5.11 Å². The molecular weight excluding hydrogens is 380 g/mol. The average Bonchev–Trinajstić information content (AvgIpc) is 3.20. The van der Waals surface area contributed by atoms with Gasteiger partial charge in [-0.1, -0.05) is 60.2 Å². The van der Waals surface area contributed by atoms with Gasteiger partial charge in [-0.25, -0.2) is 0 Å². The van der Waals surface area contributed by atoms with Crippen molar-refractivity contribution in [2.45, 2.75) is 19.9 Å².